The van der Waals surface area contributed by atoms with Gasteiger partial charge in [-0.15, -0.1) is 11.6 Å². The Bertz CT molecular complexity index is 255. The molecule has 0 saturated carbocycles. The Kier molecular flexibility index (Phi) is 2.33. The molecule has 66 valence electrons. The summed E-state index contributed by atoms with van der Waals surface area (Å²) >= 11 is 5.66. The predicted molar refractivity (Wildman–Crippen MR) is 46.3 cm³/mol. The molecule has 0 N–H and O–H groups in total. The lowest BCUT2D eigenvalue weighted by Gasteiger charge is -2.06. The molecule has 1 aromatic heterocycles. The van der Waals surface area contributed by atoms with Crippen molar-refractivity contribution in [3.63, 3.8) is 0 Å². The number of nitrogens with zero attached hydrogens (tertiary/aromatic N) is 2. The molecule has 0 spiro atoms. The number of hydrogen-bond acceptors (Lipinski definition) is 2. The Balaban J connectivity index is 2.11. The van der Waals surface area contributed by atoms with Gasteiger partial charge in [-0.2, -0.15) is 5.10 Å². The van der Waals surface area contributed by atoms with E-state index >= 15 is 0 Å². The highest BCUT2D eigenvalue weighted by Gasteiger charge is 2.17. The molecule has 2 rings (SSSR count). The van der Waals surface area contributed by atoms with Crippen molar-refractivity contribution in [1.82, 2.24) is 9.78 Å². The van der Waals surface area contributed by atoms with Crippen LogP contribution in [0.15, 0.2) is 12.4 Å². The zero-order valence-corrected chi connectivity index (χ0v) is 7.50. The van der Waals surface area contributed by atoms with Crippen LogP contribution < -0.4 is 0 Å². The molecule has 1 atom stereocenters. The second kappa shape index (κ2) is 3.46. The average molecular weight is 187 g/mol. The van der Waals surface area contributed by atoms with Gasteiger partial charge in [-0.1, -0.05) is 0 Å². The topological polar surface area (TPSA) is 27.1 Å². The predicted octanol–water partition coefficient (Wildman–Crippen LogP) is 1.58. The summed E-state index contributed by atoms with van der Waals surface area (Å²) in [5.41, 5.74) is 1.07. The quantitative estimate of drug-likeness (QED) is 0.656. The van der Waals surface area contributed by atoms with Crippen LogP contribution in [0.5, 0.6) is 0 Å². The molecule has 0 radical (unpaired) electrons. The second-order valence-corrected chi connectivity index (χ2v) is 3.25. The SMILES string of the molecule is ClCc1cnn(C2CCOC2)c1. The Hall–Kier alpha value is -0.540. The van der Waals surface area contributed by atoms with E-state index in [0.29, 0.717) is 11.9 Å². The van der Waals surface area contributed by atoms with Gasteiger partial charge in [-0.25, -0.2) is 0 Å². The summed E-state index contributed by atoms with van der Waals surface area (Å²) < 4.78 is 7.21. The normalized spacial score (nSPS) is 23.2. The van der Waals surface area contributed by atoms with Crippen molar-refractivity contribution in [3.8, 4) is 0 Å². The van der Waals surface area contributed by atoms with E-state index in [-0.39, 0.29) is 0 Å². The molecule has 0 aliphatic carbocycles. The van der Waals surface area contributed by atoms with Gasteiger partial charge in [0, 0.05) is 18.4 Å². The van der Waals surface area contributed by atoms with E-state index in [0.717, 1.165) is 25.2 Å². The van der Waals surface area contributed by atoms with Gasteiger partial charge in [-0.05, 0) is 6.42 Å². The van der Waals surface area contributed by atoms with Crippen LogP contribution in [0, 0.1) is 0 Å². The van der Waals surface area contributed by atoms with Crippen LogP contribution in [0.25, 0.3) is 0 Å². The van der Waals surface area contributed by atoms with Crippen LogP contribution in [0.1, 0.15) is 18.0 Å². The molecule has 1 fully saturated rings. The Morgan fingerprint density at radius 2 is 2.67 bits per heavy atom. The number of alkyl halides is 1. The van der Waals surface area contributed by atoms with Crippen molar-refractivity contribution >= 4 is 11.6 Å². The zero-order valence-electron chi connectivity index (χ0n) is 6.74. The molecule has 1 aromatic rings. The Morgan fingerprint density at radius 3 is 3.25 bits per heavy atom. The smallest absolute Gasteiger partial charge is 0.0774 e. The van der Waals surface area contributed by atoms with Crippen LogP contribution in [-0.2, 0) is 10.6 Å². The number of aromatic nitrogens is 2. The molecule has 0 amide bonds. The second-order valence-electron chi connectivity index (χ2n) is 2.98. The fourth-order valence-corrected chi connectivity index (χ4v) is 1.51. The molecule has 4 heteroatoms. The molecular formula is C8H11ClN2O. The maximum atomic E-state index is 5.66. The van der Waals surface area contributed by atoms with Crippen LogP contribution in [-0.4, -0.2) is 23.0 Å². The molecular weight excluding hydrogens is 176 g/mol. The van der Waals surface area contributed by atoms with Gasteiger partial charge in [-0.3, -0.25) is 4.68 Å². The van der Waals surface area contributed by atoms with Gasteiger partial charge in [0.1, 0.15) is 0 Å². The molecule has 0 bridgehead atoms. The van der Waals surface area contributed by atoms with Crippen molar-refractivity contribution in [3.05, 3.63) is 18.0 Å². The summed E-state index contributed by atoms with van der Waals surface area (Å²) in [5, 5.41) is 4.22. The van der Waals surface area contributed by atoms with Crippen molar-refractivity contribution in [2.75, 3.05) is 13.2 Å². The first-order valence-corrected chi connectivity index (χ1v) is 4.60. The Morgan fingerprint density at radius 1 is 1.75 bits per heavy atom. The number of halogens is 1. The summed E-state index contributed by atoms with van der Waals surface area (Å²) in [4.78, 5) is 0. The first-order valence-electron chi connectivity index (χ1n) is 4.07. The number of hydrogen-bond donors (Lipinski definition) is 0. The minimum absolute atomic E-state index is 0.418. The molecule has 2 heterocycles. The summed E-state index contributed by atoms with van der Waals surface area (Å²) in [6.07, 6.45) is 4.86. The van der Waals surface area contributed by atoms with E-state index in [4.69, 9.17) is 16.3 Å². The van der Waals surface area contributed by atoms with Gasteiger partial charge in [0.05, 0.1) is 24.7 Å². The Labute approximate surface area is 76.3 Å². The summed E-state index contributed by atoms with van der Waals surface area (Å²) in [6, 6.07) is 0.418. The summed E-state index contributed by atoms with van der Waals surface area (Å²) in [6.45, 7) is 1.63. The zero-order chi connectivity index (χ0) is 8.39. The lowest BCUT2D eigenvalue weighted by molar-refractivity contribution is 0.184. The van der Waals surface area contributed by atoms with Gasteiger partial charge in [0.2, 0.25) is 0 Å². The average Bonchev–Trinajstić information content (AvgIpc) is 2.75. The summed E-state index contributed by atoms with van der Waals surface area (Å²) in [7, 11) is 0. The third kappa shape index (κ3) is 1.47. The highest BCUT2D eigenvalue weighted by Crippen LogP contribution is 2.18. The minimum atomic E-state index is 0.418. The third-order valence-corrected chi connectivity index (χ3v) is 2.40. The minimum Gasteiger partial charge on any atom is -0.379 e. The van der Waals surface area contributed by atoms with E-state index in [1.54, 1.807) is 0 Å². The van der Waals surface area contributed by atoms with Gasteiger partial charge in [0.15, 0.2) is 0 Å². The summed E-state index contributed by atoms with van der Waals surface area (Å²) in [5.74, 6) is 0.535. The molecule has 1 aliphatic heterocycles. The molecule has 1 aliphatic rings. The van der Waals surface area contributed by atoms with Gasteiger partial charge >= 0.3 is 0 Å². The highest BCUT2D eigenvalue weighted by atomic mass is 35.5. The number of rotatable bonds is 2. The van der Waals surface area contributed by atoms with Crippen molar-refractivity contribution in [1.29, 1.82) is 0 Å². The highest BCUT2D eigenvalue weighted by molar-refractivity contribution is 6.17. The van der Waals surface area contributed by atoms with E-state index in [1.807, 2.05) is 17.1 Å². The fourth-order valence-electron chi connectivity index (χ4n) is 1.38. The first-order chi connectivity index (χ1) is 5.90. The molecule has 0 aromatic carbocycles. The lowest BCUT2D eigenvalue weighted by Crippen LogP contribution is -2.08. The molecule has 12 heavy (non-hydrogen) atoms. The van der Waals surface area contributed by atoms with Crippen LogP contribution in [0.2, 0.25) is 0 Å². The standard InChI is InChI=1S/C8H11ClN2O/c9-3-7-4-10-11(5-7)8-1-2-12-6-8/h4-5,8H,1-3,6H2. The van der Waals surface area contributed by atoms with Crippen molar-refractivity contribution in [2.45, 2.75) is 18.3 Å². The molecule has 1 saturated heterocycles. The monoisotopic (exact) mass is 186 g/mol. The van der Waals surface area contributed by atoms with Gasteiger partial charge in [0.25, 0.3) is 0 Å². The van der Waals surface area contributed by atoms with E-state index < -0.39 is 0 Å². The van der Waals surface area contributed by atoms with Crippen LogP contribution >= 0.6 is 11.6 Å². The van der Waals surface area contributed by atoms with E-state index in [1.165, 1.54) is 0 Å². The maximum Gasteiger partial charge on any atom is 0.0774 e. The fraction of sp³-hybridized carbons (Fsp3) is 0.625. The molecule has 1 unspecified atom stereocenters. The lowest BCUT2D eigenvalue weighted by atomic mass is 10.3. The maximum absolute atomic E-state index is 5.66. The van der Waals surface area contributed by atoms with E-state index in [2.05, 4.69) is 5.10 Å². The van der Waals surface area contributed by atoms with Crippen LogP contribution in [0.3, 0.4) is 0 Å². The van der Waals surface area contributed by atoms with Gasteiger partial charge < -0.3 is 4.74 Å². The number of ether oxygens (including phenoxy) is 1. The first kappa shape index (κ1) is 8.08. The largest absolute Gasteiger partial charge is 0.379 e. The third-order valence-electron chi connectivity index (χ3n) is 2.09. The van der Waals surface area contributed by atoms with Crippen molar-refractivity contribution < 1.29 is 4.74 Å². The molecule has 3 nitrogen and oxygen atoms in total. The van der Waals surface area contributed by atoms with E-state index in [9.17, 15) is 0 Å². The van der Waals surface area contributed by atoms with Crippen molar-refractivity contribution in [2.24, 2.45) is 0 Å². The van der Waals surface area contributed by atoms with Crippen LogP contribution in [0.4, 0.5) is 0 Å².